The zero-order valence-electron chi connectivity index (χ0n) is 21.9. The third-order valence-corrected chi connectivity index (χ3v) is 7.20. The minimum atomic E-state index is -0.906. The second-order valence-electron chi connectivity index (χ2n) is 10.2. The SMILES string of the molecule is COc1cccc(C(=O)N2CCC([C@]3(CCC(C)C)NC(=O)N(CCN(C)C)C3=O)CC2)c1OC. The number of carbonyl (C=O) groups excluding carboxylic acids is 3. The number of nitrogens with zero attached hydrogens (tertiary/aromatic N) is 3. The molecule has 1 aromatic carbocycles. The molecular formula is C26H40N4O5. The maximum absolute atomic E-state index is 13.7. The summed E-state index contributed by atoms with van der Waals surface area (Å²) in [6.07, 6.45) is 2.73. The van der Waals surface area contributed by atoms with Gasteiger partial charge in [0.15, 0.2) is 11.5 Å². The van der Waals surface area contributed by atoms with Gasteiger partial charge in [-0.25, -0.2) is 4.79 Å². The zero-order valence-corrected chi connectivity index (χ0v) is 21.9. The van der Waals surface area contributed by atoms with E-state index in [0.29, 0.717) is 68.4 Å². The summed E-state index contributed by atoms with van der Waals surface area (Å²) in [4.78, 5) is 45.0. The molecule has 0 saturated carbocycles. The van der Waals surface area contributed by atoms with Gasteiger partial charge in [-0.2, -0.15) is 0 Å². The number of piperidine rings is 1. The number of carbonyl (C=O) groups is 3. The van der Waals surface area contributed by atoms with Gasteiger partial charge in [0.2, 0.25) is 0 Å². The van der Waals surface area contributed by atoms with E-state index in [-0.39, 0.29) is 23.8 Å². The van der Waals surface area contributed by atoms with Crippen LogP contribution in [0.5, 0.6) is 11.5 Å². The molecule has 0 spiro atoms. The highest BCUT2D eigenvalue weighted by molar-refractivity contribution is 6.07. The van der Waals surface area contributed by atoms with E-state index >= 15 is 0 Å². The highest BCUT2D eigenvalue weighted by Crippen LogP contribution is 2.39. The number of para-hydroxylation sites is 1. The highest BCUT2D eigenvalue weighted by atomic mass is 16.5. The van der Waals surface area contributed by atoms with Crippen LogP contribution in [0.25, 0.3) is 0 Å². The molecular weight excluding hydrogens is 448 g/mol. The van der Waals surface area contributed by atoms with Crippen molar-refractivity contribution in [3.8, 4) is 11.5 Å². The number of imide groups is 1. The Hall–Kier alpha value is -2.81. The van der Waals surface area contributed by atoms with E-state index in [9.17, 15) is 14.4 Å². The van der Waals surface area contributed by atoms with Gasteiger partial charge in [0, 0.05) is 26.2 Å². The van der Waals surface area contributed by atoms with Gasteiger partial charge in [-0.3, -0.25) is 14.5 Å². The number of benzene rings is 1. The Labute approximate surface area is 208 Å². The van der Waals surface area contributed by atoms with Gasteiger partial charge in [-0.05, 0) is 63.7 Å². The van der Waals surface area contributed by atoms with Gasteiger partial charge in [0.05, 0.1) is 19.8 Å². The number of ether oxygens (including phenoxy) is 2. The van der Waals surface area contributed by atoms with Crippen molar-refractivity contribution in [2.45, 2.75) is 45.1 Å². The lowest BCUT2D eigenvalue weighted by Crippen LogP contribution is -2.56. The first-order valence-corrected chi connectivity index (χ1v) is 12.4. The maximum atomic E-state index is 13.7. The van der Waals surface area contributed by atoms with E-state index in [4.69, 9.17) is 9.47 Å². The van der Waals surface area contributed by atoms with Gasteiger partial charge in [0.1, 0.15) is 5.54 Å². The van der Waals surface area contributed by atoms with E-state index in [1.54, 1.807) is 30.2 Å². The number of likely N-dealkylation sites (tertiary alicyclic amines) is 1. The highest BCUT2D eigenvalue weighted by Gasteiger charge is 2.55. The van der Waals surface area contributed by atoms with Crippen molar-refractivity contribution in [1.29, 1.82) is 0 Å². The fraction of sp³-hybridized carbons (Fsp3) is 0.654. The molecule has 35 heavy (non-hydrogen) atoms. The quantitative estimate of drug-likeness (QED) is 0.510. The molecule has 0 radical (unpaired) electrons. The molecule has 9 nitrogen and oxygen atoms in total. The van der Waals surface area contributed by atoms with E-state index in [1.165, 1.54) is 12.0 Å². The number of likely N-dealkylation sites (N-methyl/N-ethyl adjacent to an activating group) is 1. The largest absolute Gasteiger partial charge is 0.493 e. The van der Waals surface area contributed by atoms with E-state index in [1.807, 2.05) is 19.0 Å². The molecule has 2 saturated heterocycles. The normalized spacial score (nSPS) is 21.1. The van der Waals surface area contributed by atoms with E-state index in [0.717, 1.165) is 6.42 Å². The van der Waals surface area contributed by atoms with Crippen molar-refractivity contribution < 1.29 is 23.9 Å². The molecule has 2 aliphatic heterocycles. The Balaban J connectivity index is 1.77. The summed E-state index contributed by atoms with van der Waals surface area (Å²) in [6.45, 7) is 6.26. The van der Waals surface area contributed by atoms with Crippen LogP contribution in [0.1, 0.15) is 49.9 Å². The van der Waals surface area contributed by atoms with Crippen molar-refractivity contribution in [1.82, 2.24) is 20.0 Å². The van der Waals surface area contributed by atoms with Crippen LogP contribution in [0.2, 0.25) is 0 Å². The summed E-state index contributed by atoms with van der Waals surface area (Å²) in [5, 5.41) is 3.10. The number of hydrogen-bond donors (Lipinski definition) is 1. The molecule has 2 fully saturated rings. The first-order valence-electron chi connectivity index (χ1n) is 12.4. The van der Waals surface area contributed by atoms with E-state index in [2.05, 4.69) is 19.2 Å². The number of amides is 4. The van der Waals surface area contributed by atoms with Crippen LogP contribution in [0.15, 0.2) is 18.2 Å². The first-order chi connectivity index (χ1) is 16.6. The summed E-state index contributed by atoms with van der Waals surface area (Å²) < 4.78 is 10.8. The lowest BCUT2D eigenvalue weighted by Gasteiger charge is -2.41. The standard InChI is InChI=1S/C26H40N4O5/c1-18(2)10-13-26(24(32)30(25(33)27-26)17-16-28(3)4)19-11-14-29(15-12-19)23(31)20-8-7-9-21(34-5)22(20)35-6/h7-9,18-19H,10-17H2,1-6H3,(H,27,33)/t26-/m0/s1. The average Bonchev–Trinajstić information content (AvgIpc) is 3.09. The monoisotopic (exact) mass is 488 g/mol. The molecule has 2 heterocycles. The van der Waals surface area contributed by atoms with Crippen molar-refractivity contribution in [3.05, 3.63) is 23.8 Å². The van der Waals surface area contributed by atoms with Crippen LogP contribution in [0.4, 0.5) is 4.79 Å². The molecule has 194 valence electrons. The van der Waals surface area contributed by atoms with Gasteiger partial charge in [-0.1, -0.05) is 19.9 Å². The third-order valence-electron chi connectivity index (χ3n) is 7.20. The van der Waals surface area contributed by atoms with Gasteiger partial charge in [-0.15, -0.1) is 0 Å². The first kappa shape index (κ1) is 26.8. The Bertz CT molecular complexity index is 926. The summed E-state index contributed by atoms with van der Waals surface area (Å²) >= 11 is 0. The van der Waals surface area contributed by atoms with Gasteiger partial charge in [0.25, 0.3) is 11.8 Å². The molecule has 0 unspecified atom stereocenters. The van der Waals surface area contributed by atoms with Crippen molar-refractivity contribution in [2.75, 3.05) is 54.5 Å². The zero-order chi connectivity index (χ0) is 25.8. The summed E-state index contributed by atoms with van der Waals surface area (Å²) in [5.41, 5.74) is -0.448. The summed E-state index contributed by atoms with van der Waals surface area (Å²) in [7, 11) is 6.92. The topological polar surface area (TPSA) is 91.4 Å². The number of rotatable bonds is 10. The van der Waals surface area contributed by atoms with E-state index < -0.39 is 5.54 Å². The summed E-state index contributed by atoms with van der Waals surface area (Å²) in [5.74, 6) is 1.07. The Kier molecular flexibility index (Phi) is 8.64. The Morgan fingerprint density at radius 2 is 1.86 bits per heavy atom. The molecule has 2 aliphatic rings. The van der Waals surface area contributed by atoms with Crippen molar-refractivity contribution >= 4 is 17.8 Å². The Morgan fingerprint density at radius 1 is 1.17 bits per heavy atom. The number of hydrogen-bond acceptors (Lipinski definition) is 6. The van der Waals surface area contributed by atoms with Gasteiger partial charge < -0.3 is 24.6 Å². The minimum Gasteiger partial charge on any atom is -0.493 e. The molecule has 4 amide bonds. The second kappa shape index (κ2) is 11.3. The van der Waals surface area contributed by atoms with Crippen LogP contribution < -0.4 is 14.8 Å². The van der Waals surface area contributed by atoms with Crippen LogP contribution in [-0.4, -0.2) is 92.6 Å². The number of nitrogens with one attached hydrogen (secondary N) is 1. The van der Waals surface area contributed by atoms with Crippen molar-refractivity contribution in [3.63, 3.8) is 0 Å². The lowest BCUT2D eigenvalue weighted by atomic mass is 9.73. The molecule has 0 aliphatic carbocycles. The predicted octanol–water partition coefficient (Wildman–Crippen LogP) is 2.84. The molecule has 3 rings (SSSR count). The average molecular weight is 489 g/mol. The second-order valence-corrected chi connectivity index (χ2v) is 10.2. The molecule has 0 bridgehead atoms. The maximum Gasteiger partial charge on any atom is 0.325 e. The third kappa shape index (κ3) is 5.55. The van der Waals surface area contributed by atoms with Crippen LogP contribution in [0.3, 0.4) is 0 Å². The summed E-state index contributed by atoms with van der Waals surface area (Å²) in [6, 6.07) is 4.97. The molecule has 9 heteroatoms. The van der Waals surface area contributed by atoms with Crippen LogP contribution in [-0.2, 0) is 4.79 Å². The van der Waals surface area contributed by atoms with Gasteiger partial charge >= 0.3 is 6.03 Å². The molecule has 0 aromatic heterocycles. The Morgan fingerprint density at radius 3 is 2.43 bits per heavy atom. The molecule has 1 N–H and O–H groups in total. The number of methoxy groups -OCH3 is 2. The lowest BCUT2D eigenvalue weighted by molar-refractivity contribution is -0.134. The smallest absolute Gasteiger partial charge is 0.325 e. The predicted molar refractivity (Wildman–Crippen MR) is 134 cm³/mol. The van der Waals surface area contributed by atoms with Crippen molar-refractivity contribution in [2.24, 2.45) is 11.8 Å². The van der Waals surface area contributed by atoms with Crippen LogP contribution in [0, 0.1) is 11.8 Å². The molecule has 1 atom stereocenters. The van der Waals surface area contributed by atoms with Crippen LogP contribution >= 0.6 is 0 Å². The minimum absolute atomic E-state index is 0.0293. The fourth-order valence-electron chi connectivity index (χ4n) is 5.12. The molecule has 1 aromatic rings. The number of urea groups is 1. The fourth-order valence-corrected chi connectivity index (χ4v) is 5.12.